The van der Waals surface area contributed by atoms with E-state index in [4.69, 9.17) is 9.47 Å². The zero-order chi connectivity index (χ0) is 12.5. The van der Waals surface area contributed by atoms with Gasteiger partial charge in [-0.15, -0.1) is 0 Å². The molecule has 0 saturated carbocycles. The van der Waals surface area contributed by atoms with Crippen molar-refractivity contribution < 1.29 is 14.3 Å². The van der Waals surface area contributed by atoms with E-state index in [-0.39, 0.29) is 5.97 Å². The van der Waals surface area contributed by atoms with Crippen molar-refractivity contribution in [3.05, 3.63) is 48.0 Å². The summed E-state index contributed by atoms with van der Waals surface area (Å²) in [7, 11) is 0. The monoisotopic (exact) mass is 240 g/mol. The second-order valence-corrected chi connectivity index (χ2v) is 4.16. The molecule has 0 radical (unpaired) electrons. The van der Waals surface area contributed by atoms with Crippen molar-refractivity contribution in [2.75, 3.05) is 0 Å². The first kappa shape index (κ1) is 10.8. The molecular formula is C15H12O3. The van der Waals surface area contributed by atoms with Crippen LogP contribution in [0.1, 0.15) is 12.5 Å². The first-order valence-electron chi connectivity index (χ1n) is 5.78. The number of esters is 1. The van der Waals surface area contributed by atoms with Crippen LogP contribution < -0.4 is 4.74 Å². The van der Waals surface area contributed by atoms with Gasteiger partial charge in [0.1, 0.15) is 5.75 Å². The van der Waals surface area contributed by atoms with Gasteiger partial charge in [0, 0.05) is 17.9 Å². The molecule has 3 heteroatoms. The van der Waals surface area contributed by atoms with Gasteiger partial charge in [-0.05, 0) is 17.5 Å². The van der Waals surface area contributed by atoms with E-state index in [1.54, 1.807) is 6.08 Å². The molecule has 2 aromatic carbocycles. The van der Waals surface area contributed by atoms with E-state index < -0.39 is 6.29 Å². The lowest BCUT2D eigenvalue weighted by molar-refractivity contribution is -0.155. The summed E-state index contributed by atoms with van der Waals surface area (Å²) < 4.78 is 10.8. The van der Waals surface area contributed by atoms with Crippen LogP contribution in [0.3, 0.4) is 0 Å². The van der Waals surface area contributed by atoms with Crippen LogP contribution in [0.2, 0.25) is 0 Å². The smallest absolute Gasteiger partial charge is 0.305 e. The number of rotatable bonds is 1. The molecule has 1 aliphatic rings. The standard InChI is InChI=1S/C15H12O3/c1-10(16)17-14-9-8-12-7-6-11-4-2-3-5-13(11)15(12)18-14/h2-9,14H,1H3. The minimum atomic E-state index is -0.638. The fourth-order valence-corrected chi connectivity index (χ4v) is 2.09. The first-order chi connectivity index (χ1) is 8.74. The van der Waals surface area contributed by atoms with Crippen molar-refractivity contribution in [3.63, 3.8) is 0 Å². The molecule has 3 nitrogen and oxygen atoms in total. The highest BCUT2D eigenvalue weighted by Gasteiger charge is 2.18. The second kappa shape index (κ2) is 4.18. The third-order valence-corrected chi connectivity index (χ3v) is 2.86. The zero-order valence-corrected chi connectivity index (χ0v) is 9.92. The average molecular weight is 240 g/mol. The van der Waals surface area contributed by atoms with Crippen LogP contribution >= 0.6 is 0 Å². The fourth-order valence-electron chi connectivity index (χ4n) is 2.09. The summed E-state index contributed by atoms with van der Waals surface area (Å²) >= 11 is 0. The Morgan fingerprint density at radius 1 is 1.22 bits per heavy atom. The Hall–Kier alpha value is -2.29. The second-order valence-electron chi connectivity index (χ2n) is 4.16. The maximum absolute atomic E-state index is 11.0. The van der Waals surface area contributed by atoms with Crippen LogP contribution in [0, 0.1) is 0 Å². The maximum atomic E-state index is 11.0. The van der Waals surface area contributed by atoms with E-state index in [0.717, 1.165) is 22.1 Å². The molecule has 0 aromatic heterocycles. The van der Waals surface area contributed by atoms with Gasteiger partial charge in [0.05, 0.1) is 0 Å². The van der Waals surface area contributed by atoms with E-state index in [9.17, 15) is 4.79 Å². The number of hydrogen-bond acceptors (Lipinski definition) is 3. The van der Waals surface area contributed by atoms with Gasteiger partial charge in [-0.2, -0.15) is 0 Å². The van der Waals surface area contributed by atoms with Crippen molar-refractivity contribution in [1.29, 1.82) is 0 Å². The highest BCUT2D eigenvalue weighted by atomic mass is 16.7. The number of ether oxygens (including phenoxy) is 2. The third-order valence-electron chi connectivity index (χ3n) is 2.86. The van der Waals surface area contributed by atoms with Crippen LogP contribution in [0.5, 0.6) is 5.75 Å². The lowest BCUT2D eigenvalue weighted by Gasteiger charge is -2.22. The Labute approximate surface area is 105 Å². The molecule has 18 heavy (non-hydrogen) atoms. The summed E-state index contributed by atoms with van der Waals surface area (Å²) in [6.45, 7) is 1.37. The topological polar surface area (TPSA) is 35.5 Å². The number of carbonyl (C=O) groups excluding carboxylic acids is 1. The van der Waals surface area contributed by atoms with E-state index in [2.05, 4.69) is 0 Å². The van der Waals surface area contributed by atoms with E-state index in [1.807, 2.05) is 42.5 Å². The average Bonchev–Trinajstić information content (AvgIpc) is 2.38. The molecule has 0 amide bonds. The van der Waals surface area contributed by atoms with Crippen LogP contribution in [-0.4, -0.2) is 12.3 Å². The minimum Gasteiger partial charge on any atom is -0.450 e. The molecule has 0 fully saturated rings. The Kier molecular flexibility index (Phi) is 2.52. The van der Waals surface area contributed by atoms with Gasteiger partial charge in [0.2, 0.25) is 0 Å². The summed E-state index contributed by atoms with van der Waals surface area (Å²) in [5.41, 5.74) is 0.997. The van der Waals surface area contributed by atoms with Gasteiger partial charge < -0.3 is 9.47 Å². The maximum Gasteiger partial charge on any atom is 0.305 e. The predicted octanol–water partition coefficient (Wildman–Crippen LogP) is 3.13. The highest BCUT2D eigenvalue weighted by Crippen LogP contribution is 2.34. The van der Waals surface area contributed by atoms with Crippen molar-refractivity contribution in [2.24, 2.45) is 0 Å². The van der Waals surface area contributed by atoms with Crippen molar-refractivity contribution in [3.8, 4) is 5.75 Å². The normalized spacial score (nSPS) is 17.1. The van der Waals surface area contributed by atoms with Gasteiger partial charge in [0.15, 0.2) is 0 Å². The van der Waals surface area contributed by atoms with Gasteiger partial charge in [-0.25, -0.2) is 0 Å². The number of fused-ring (bicyclic) bond motifs is 3. The van der Waals surface area contributed by atoms with Gasteiger partial charge in [-0.1, -0.05) is 36.4 Å². The number of carbonyl (C=O) groups is 1. The molecule has 1 aliphatic heterocycles. The fraction of sp³-hybridized carbons (Fsp3) is 0.133. The van der Waals surface area contributed by atoms with E-state index in [1.165, 1.54) is 6.92 Å². The van der Waals surface area contributed by atoms with Gasteiger partial charge >= 0.3 is 5.97 Å². The molecule has 0 spiro atoms. The molecule has 1 heterocycles. The number of benzene rings is 2. The Morgan fingerprint density at radius 3 is 2.89 bits per heavy atom. The predicted molar refractivity (Wildman–Crippen MR) is 69.2 cm³/mol. The summed E-state index contributed by atoms with van der Waals surface area (Å²) in [6, 6.07) is 12.0. The van der Waals surface area contributed by atoms with Crippen LogP contribution in [-0.2, 0) is 9.53 Å². The van der Waals surface area contributed by atoms with Crippen molar-refractivity contribution in [1.82, 2.24) is 0 Å². The molecule has 3 rings (SSSR count). The molecule has 1 atom stereocenters. The summed E-state index contributed by atoms with van der Waals surface area (Å²) in [4.78, 5) is 11.0. The molecule has 0 saturated heterocycles. The molecule has 2 aromatic rings. The first-order valence-corrected chi connectivity index (χ1v) is 5.78. The molecule has 0 aliphatic carbocycles. The third kappa shape index (κ3) is 1.84. The van der Waals surface area contributed by atoms with Crippen LogP contribution in [0.25, 0.3) is 16.8 Å². The largest absolute Gasteiger partial charge is 0.450 e. The summed E-state index contributed by atoms with van der Waals surface area (Å²) in [6.07, 6.45) is 3.01. The molecule has 0 N–H and O–H groups in total. The van der Waals surface area contributed by atoms with Crippen LogP contribution in [0.15, 0.2) is 42.5 Å². The Balaban J connectivity index is 2.07. The van der Waals surface area contributed by atoms with Crippen molar-refractivity contribution >= 4 is 22.8 Å². The lowest BCUT2D eigenvalue weighted by atomic mass is 10.0. The Morgan fingerprint density at radius 2 is 2.06 bits per heavy atom. The summed E-state index contributed by atoms with van der Waals surface area (Å²) in [5.74, 6) is 0.412. The molecular weight excluding hydrogens is 228 g/mol. The Bertz CT molecular complexity index is 643. The van der Waals surface area contributed by atoms with Gasteiger partial charge in [-0.3, -0.25) is 4.79 Å². The van der Waals surface area contributed by atoms with E-state index >= 15 is 0 Å². The molecule has 1 unspecified atom stereocenters. The summed E-state index contributed by atoms with van der Waals surface area (Å²) in [5, 5.41) is 2.13. The lowest BCUT2D eigenvalue weighted by Crippen LogP contribution is -2.22. The highest BCUT2D eigenvalue weighted by molar-refractivity contribution is 5.92. The van der Waals surface area contributed by atoms with Crippen LogP contribution in [0.4, 0.5) is 0 Å². The quantitative estimate of drug-likeness (QED) is 0.718. The minimum absolute atomic E-state index is 0.353. The van der Waals surface area contributed by atoms with Crippen molar-refractivity contribution in [2.45, 2.75) is 13.2 Å². The molecule has 90 valence electrons. The SMILES string of the molecule is CC(=O)OC1C=Cc2ccc3ccccc3c2O1. The van der Waals surface area contributed by atoms with Gasteiger partial charge in [0.25, 0.3) is 6.29 Å². The zero-order valence-electron chi connectivity index (χ0n) is 9.92. The van der Waals surface area contributed by atoms with E-state index in [0.29, 0.717) is 0 Å². The number of hydrogen-bond donors (Lipinski definition) is 0. The molecule has 0 bridgehead atoms.